The number of amides is 1. The maximum absolute atomic E-state index is 13.3. The van der Waals surface area contributed by atoms with Crippen molar-refractivity contribution in [3.8, 4) is 0 Å². The third kappa shape index (κ3) is 3.10. The van der Waals surface area contributed by atoms with Gasteiger partial charge in [0.05, 0.1) is 12.1 Å². The number of carbonyl (C=O) groups excluding carboxylic acids is 1. The molecule has 0 aromatic carbocycles. The van der Waals surface area contributed by atoms with Gasteiger partial charge >= 0.3 is 0 Å². The number of thioether (sulfide) groups is 1. The maximum Gasteiger partial charge on any atom is 0.227 e. The summed E-state index contributed by atoms with van der Waals surface area (Å²) in [7, 11) is 1.94. The minimum absolute atomic E-state index is 0.0675. The van der Waals surface area contributed by atoms with E-state index in [-0.39, 0.29) is 11.8 Å². The van der Waals surface area contributed by atoms with Crippen LogP contribution in [-0.2, 0) is 11.8 Å². The molecule has 24 heavy (non-hydrogen) atoms. The highest BCUT2D eigenvalue weighted by Crippen LogP contribution is 2.43. The van der Waals surface area contributed by atoms with Crippen molar-refractivity contribution in [1.29, 1.82) is 0 Å². The van der Waals surface area contributed by atoms with Crippen molar-refractivity contribution in [2.24, 2.45) is 13.0 Å². The Morgan fingerprint density at radius 1 is 1.33 bits per heavy atom. The molecule has 2 saturated heterocycles. The Kier molecular flexibility index (Phi) is 4.60. The second kappa shape index (κ2) is 6.71. The summed E-state index contributed by atoms with van der Waals surface area (Å²) in [6.45, 7) is 3.57. The van der Waals surface area contributed by atoms with Crippen molar-refractivity contribution in [2.45, 2.75) is 42.8 Å². The van der Waals surface area contributed by atoms with E-state index in [0.717, 1.165) is 31.9 Å². The third-order valence-electron chi connectivity index (χ3n) is 6.01. The molecule has 132 valence electrons. The molecule has 1 aromatic rings. The SMILES string of the molecule is Cn1cc([C@H]2CNC[C@@H]2C(=O)N2CCSC3(CCCCC3)C2)cn1. The lowest BCUT2D eigenvalue weighted by atomic mass is 9.86. The topological polar surface area (TPSA) is 50.2 Å². The molecule has 3 fully saturated rings. The molecule has 4 rings (SSSR count). The minimum Gasteiger partial charge on any atom is -0.340 e. The van der Waals surface area contributed by atoms with E-state index in [4.69, 9.17) is 0 Å². The fraction of sp³-hybridized carbons (Fsp3) is 0.778. The van der Waals surface area contributed by atoms with Crippen LogP contribution in [-0.4, -0.2) is 57.3 Å². The van der Waals surface area contributed by atoms with E-state index in [1.165, 1.54) is 37.7 Å². The largest absolute Gasteiger partial charge is 0.340 e. The van der Waals surface area contributed by atoms with Gasteiger partial charge in [-0.1, -0.05) is 19.3 Å². The van der Waals surface area contributed by atoms with Gasteiger partial charge in [-0.15, -0.1) is 0 Å². The first kappa shape index (κ1) is 16.5. The molecule has 5 nitrogen and oxygen atoms in total. The van der Waals surface area contributed by atoms with Crippen LogP contribution in [0.1, 0.15) is 43.6 Å². The van der Waals surface area contributed by atoms with E-state index in [2.05, 4.69) is 33.3 Å². The molecule has 1 saturated carbocycles. The van der Waals surface area contributed by atoms with Gasteiger partial charge in [0, 0.05) is 55.8 Å². The molecular formula is C18H28N4OS. The molecule has 0 bridgehead atoms. The summed E-state index contributed by atoms with van der Waals surface area (Å²) in [5.74, 6) is 1.80. The highest BCUT2D eigenvalue weighted by atomic mass is 32.2. The maximum atomic E-state index is 13.3. The van der Waals surface area contributed by atoms with Crippen LogP contribution in [0.25, 0.3) is 0 Å². The van der Waals surface area contributed by atoms with Crippen molar-refractivity contribution in [1.82, 2.24) is 20.0 Å². The second-order valence-corrected chi connectivity index (χ2v) is 9.23. The highest BCUT2D eigenvalue weighted by Gasteiger charge is 2.42. The number of rotatable bonds is 2. The first-order valence-electron chi connectivity index (χ1n) is 9.29. The summed E-state index contributed by atoms with van der Waals surface area (Å²) in [6.07, 6.45) is 10.6. The third-order valence-corrected chi connectivity index (χ3v) is 7.55. The van der Waals surface area contributed by atoms with Crippen LogP contribution in [0.3, 0.4) is 0 Å². The summed E-state index contributed by atoms with van der Waals surface area (Å²) in [5, 5.41) is 7.73. The molecule has 2 aliphatic heterocycles. The number of nitrogens with zero attached hydrogens (tertiary/aromatic N) is 3. The molecule has 3 heterocycles. The molecule has 6 heteroatoms. The van der Waals surface area contributed by atoms with Crippen LogP contribution in [0.4, 0.5) is 0 Å². The van der Waals surface area contributed by atoms with E-state index < -0.39 is 0 Å². The van der Waals surface area contributed by atoms with Crippen LogP contribution in [0.2, 0.25) is 0 Å². The van der Waals surface area contributed by atoms with Crippen molar-refractivity contribution in [3.05, 3.63) is 18.0 Å². The first-order valence-corrected chi connectivity index (χ1v) is 10.3. The Morgan fingerprint density at radius 2 is 2.17 bits per heavy atom. The van der Waals surface area contributed by atoms with Crippen molar-refractivity contribution in [2.75, 3.05) is 31.9 Å². The van der Waals surface area contributed by atoms with E-state index in [1.807, 2.05) is 17.9 Å². The average Bonchev–Trinajstić information content (AvgIpc) is 3.23. The second-order valence-electron chi connectivity index (χ2n) is 7.67. The standard InChI is InChI=1S/C18H28N4OS/c1-21-12-14(9-20-21)15-10-19-11-16(15)17(23)22-7-8-24-18(13-22)5-3-2-4-6-18/h9,12,15-16,19H,2-8,10-11,13H2,1H3/t15-,16+/m1/s1. The van der Waals surface area contributed by atoms with E-state index in [1.54, 1.807) is 0 Å². The number of hydrogen-bond donors (Lipinski definition) is 1. The molecule has 1 spiro atoms. The molecule has 1 aromatic heterocycles. The summed E-state index contributed by atoms with van der Waals surface area (Å²) < 4.78 is 2.19. The molecule has 1 N–H and O–H groups in total. The summed E-state index contributed by atoms with van der Waals surface area (Å²) in [5.41, 5.74) is 1.19. The monoisotopic (exact) mass is 348 g/mol. The fourth-order valence-corrected chi connectivity index (χ4v) is 6.26. The Hall–Kier alpha value is -1.01. The zero-order chi connectivity index (χ0) is 16.6. The van der Waals surface area contributed by atoms with Gasteiger partial charge in [0.1, 0.15) is 0 Å². The van der Waals surface area contributed by atoms with Crippen LogP contribution < -0.4 is 5.32 Å². The van der Waals surface area contributed by atoms with Gasteiger partial charge in [0.2, 0.25) is 5.91 Å². The highest BCUT2D eigenvalue weighted by molar-refractivity contribution is 8.00. The summed E-state index contributed by atoms with van der Waals surface area (Å²) in [6, 6.07) is 0. The lowest BCUT2D eigenvalue weighted by molar-refractivity contribution is -0.135. The normalized spacial score (nSPS) is 30.0. The van der Waals surface area contributed by atoms with Gasteiger partial charge in [-0.2, -0.15) is 16.9 Å². The molecule has 3 aliphatic rings. The predicted molar refractivity (Wildman–Crippen MR) is 97.2 cm³/mol. The Balaban J connectivity index is 1.48. The molecule has 0 unspecified atom stereocenters. The number of nitrogens with one attached hydrogen (secondary N) is 1. The smallest absolute Gasteiger partial charge is 0.227 e. The molecule has 2 atom stereocenters. The van der Waals surface area contributed by atoms with Crippen molar-refractivity contribution >= 4 is 17.7 Å². The summed E-state index contributed by atoms with van der Waals surface area (Å²) in [4.78, 5) is 15.4. The van der Waals surface area contributed by atoms with Gasteiger partial charge in [-0.05, 0) is 18.4 Å². The Morgan fingerprint density at radius 3 is 2.92 bits per heavy atom. The lowest BCUT2D eigenvalue weighted by Crippen LogP contribution is -2.52. The molecule has 1 amide bonds. The van der Waals surface area contributed by atoms with Crippen LogP contribution in [0.5, 0.6) is 0 Å². The molecule has 1 aliphatic carbocycles. The minimum atomic E-state index is 0.0675. The average molecular weight is 349 g/mol. The van der Waals surface area contributed by atoms with E-state index in [0.29, 0.717) is 10.7 Å². The number of hydrogen-bond acceptors (Lipinski definition) is 4. The van der Waals surface area contributed by atoms with Crippen molar-refractivity contribution < 1.29 is 4.79 Å². The summed E-state index contributed by atoms with van der Waals surface area (Å²) >= 11 is 2.13. The molecule has 0 radical (unpaired) electrons. The zero-order valence-electron chi connectivity index (χ0n) is 14.5. The first-order chi connectivity index (χ1) is 11.7. The fourth-order valence-electron chi connectivity index (χ4n) is 4.69. The lowest BCUT2D eigenvalue weighted by Gasteiger charge is -2.45. The van der Waals surface area contributed by atoms with Gasteiger partial charge in [0.25, 0.3) is 0 Å². The van der Waals surface area contributed by atoms with Gasteiger partial charge in [-0.3, -0.25) is 9.48 Å². The molecular weight excluding hydrogens is 320 g/mol. The van der Waals surface area contributed by atoms with E-state index in [9.17, 15) is 4.79 Å². The van der Waals surface area contributed by atoms with Crippen molar-refractivity contribution in [3.63, 3.8) is 0 Å². The van der Waals surface area contributed by atoms with Gasteiger partial charge in [0.15, 0.2) is 0 Å². The van der Waals surface area contributed by atoms with Gasteiger partial charge < -0.3 is 10.2 Å². The predicted octanol–water partition coefficient (Wildman–Crippen LogP) is 2.00. The number of carbonyl (C=O) groups is 1. The van der Waals surface area contributed by atoms with E-state index >= 15 is 0 Å². The van der Waals surface area contributed by atoms with Crippen LogP contribution >= 0.6 is 11.8 Å². The van der Waals surface area contributed by atoms with Crippen LogP contribution in [0.15, 0.2) is 12.4 Å². The number of aryl methyl sites for hydroxylation is 1. The quantitative estimate of drug-likeness (QED) is 0.888. The van der Waals surface area contributed by atoms with Gasteiger partial charge in [-0.25, -0.2) is 0 Å². The Bertz CT molecular complexity index is 590. The van der Waals surface area contributed by atoms with Crippen LogP contribution in [0, 0.1) is 5.92 Å². The Labute approximate surface area is 148 Å². The number of aromatic nitrogens is 2. The zero-order valence-corrected chi connectivity index (χ0v) is 15.4.